The Bertz CT molecular complexity index is 210. The van der Waals surface area contributed by atoms with Gasteiger partial charge in [0.15, 0.2) is 5.79 Å². The second-order valence-corrected chi connectivity index (χ2v) is 4.60. The van der Waals surface area contributed by atoms with E-state index >= 15 is 0 Å². The summed E-state index contributed by atoms with van der Waals surface area (Å²) in [5.74, 6) is -1.04. The van der Waals surface area contributed by atoms with Crippen LogP contribution in [-0.2, 0) is 9.47 Å². The van der Waals surface area contributed by atoms with Crippen LogP contribution in [0.25, 0.3) is 0 Å². The lowest BCUT2D eigenvalue weighted by Gasteiger charge is -2.35. The van der Waals surface area contributed by atoms with Gasteiger partial charge in [-0.1, -0.05) is 0 Å². The van der Waals surface area contributed by atoms with Crippen LogP contribution in [0.3, 0.4) is 0 Å². The Hall–Kier alpha value is -0.200. The van der Waals surface area contributed by atoms with Gasteiger partial charge in [-0.05, 0) is 26.2 Å². The molecule has 1 aliphatic heterocycles. The predicted octanol–water partition coefficient (Wildman–Crippen LogP) is -0.283. The van der Waals surface area contributed by atoms with Crippen molar-refractivity contribution in [2.75, 3.05) is 26.8 Å². The third-order valence-electron chi connectivity index (χ3n) is 3.22. The highest BCUT2D eigenvalue weighted by Crippen LogP contribution is 2.20. The van der Waals surface area contributed by atoms with Gasteiger partial charge in [-0.15, -0.1) is 0 Å². The summed E-state index contributed by atoms with van der Waals surface area (Å²) in [4.78, 5) is 0. The summed E-state index contributed by atoms with van der Waals surface area (Å²) in [6, 6.07) is 0. The molecule has 0 bridgehead atoms. The number of methoxy groups -OCH3 is 1. The summed E-state index contributed by atoms with van der Waals surface area (Å²) < 4.78 is 10.7. The summed E-state index contributed by atoms with van der Waals surface area (Å²) in [6.07, 6.45) is 0.428. The average molecular weight is 233 g/mol. The van der Waals surface area contributed by atoms with E-state index in [4.69, 9.17) is 14.6 Å². The number of aliphatic hydroxyl groups excluding tert-OH is 1. The minimum Gasteiger partial charge on any atom is -0.396 e. The molecule has 0 aliphatic carbocycles. The maximum Gasteiger partial charge on any atom is 0.188 e. The zero-order valence-electron chi connectivity index (χ0n) is 10.3. The van der Waals surface area contributed by atoms with Gasteiger partial charge >= 0.3 is 0 Å². The highest BCUT2D eigenvalue weighted by atomic mass is 16.6. The average Bonchev–Trinajstić information content (AvgIpc) is 2.29. The molecular formula is C11H23NO4. The van der Waals surface area contributed by atoms with Gasteiger partial charge in [-0.3, -0.25) is 0 Å². The molecule has 0 spiro atoms. The SMILES string of the molecule is CO[C@@](C)(O)[C@H](C)O[C@@H]1CNC[C@H](CO)C1. The van der Waals surface area contributed by atoms with Crippen molar-refractivity contribution in [3.8, 4) is 0 Å². The topological polar surface area (TPSA) is 71.0 Å². The van der Waals surface area contributed by atoms with Crippen molar-refractivity contribution in [3.05, 3.63) is 0 Å². The number of aliphatic hydroxyl groups is 2. The lowest BCUT2D eigenvalue weighted by molar-refractivity contribution is -0.249. The molecule has 1 heterocycles. The molecule has 0 radical (unpaired) electrons. The fourth-order valence-electron chi connectivity index (χ4n) is 1.81. The van der Waals surface area contributed by atoms with Crippen LogP contribution in [0.15, 0.2) is 0 Å². The minimum atomic E-state index is -1.27. The Balaban J connectivity index is 2.41. The van der Waals surface area contributed by atoms with Crippen LogP contribution in [-0.4, -0.2) is 55.0 Å². The monoisotopic (exact) mass is 233 g/mol. The molecule has 0 aromatic carbocycles. The second-order valence-electron chi connectivity index (χ2n) is 4.60. The van der Waals surface area contributed by atoms with E-state index in [0.29, 0.717) is 0 Å². The molecule has 1 aliphatic rings. The first kappa shape index (κ1) is 13.9. The van der Waals surface area contributed by atoms with Crippen LogP contribution in [0.2, 0.25) is 0 Å². The molecule has 5 heteroatoms. The molecular weight excluding hydrogens is 210 g/mol. The molecule has 1 fully saturated rings. The van der Waals surface area contributed by atoms with Gasteiger partial charge in [0.05, 0.1) is 6.10 Å². The molecule has 0 aromatic heterocycles. The predicted molar refractivity (Wildman–Crippen MR) is 60.0 cm³/mol. The Kier molecular flexibility index (Phi) is 5.14. The van der Waals surface area contributed by atoms with E-state index in [1.165, 1.54) is 7.11 Å². The van der Waals surface area contributed by atoms with E-state index in [-0.39, 0.29) is 18.6 Å². The van der Waals surface area contributed by atoms with Crippen molar-refractivity contribution in [3.63, 3.8) is 0 Å². The Labute approximate surface area is 96.7 Å². The normalized spacial score (nSPS) is 32.1. The van der Waals surface area contributed by atoms with Crippen LogP contribution in [0.4, 0.5) is 0 Å². The lowest BCUT2D eigenvalue weighted by Crippen LogP contribution is -2.48. The van der Waals surface area contributed by atoms with Crippen molar-refractivity contribution >= 4 is 0 Å². The first-order valence-electron chi connectivity index (χ1n) is 5.74. The van der Waals surface area contributed by atoms with Gasteiger partial charge in [0.1, 0.15) is 6.10 Å². The third-order valence-corrected chi connectivity index (χ3v) is 3.22. The molecule has 1 rings (SSSR count). The maximum absolute atomic E-state index is 9.83. The first-order chi connectivity index (χ1) is 7.49. The van der Waals surface area contributed by atoms with Gasteiger partial charge in [-0.2, -0.15) is 0 Å². The van der Waals surface area contributed by atoms with E-state index in [1.54, 1.807) is 13.8 Å². The molecule has 0 saturated carbocycles. The molecule has 3 N–H and O–H groups in total. The Morgan fingerprint density at radius 1 is 1.50 bits per heavy atom. The van der Waals surface area contributed by atoms with Crippen molar-refractivity contribution in [2.24, 2.45) is 5.92 Å². The van der Waals surface area contributed by atoms with Crippen molar-refractivity contribution in [2.45, 2.75) is 38.3 Å². The standard InChI is InChI=1S/C11H23NO4/c1-8(11(2,14)15-3)16-10-4-9(7-13)5-12-6-10/h8-10,12-14H,4-7H2,1-3H3/t8-,9+,10-,11+/m0/s1. The van der Waals surface area contributed by atoms with Gasteiger partial charge in [0, 0.05) is 26.8 Å². The Morgan fingerprint density at radius 3 is 2.75 bits per heavy atom. The smallest absolute Gasteiger partial charge is 0.188 e. The third kappa shape index (κ3) is 3.68. The van der Waals surface area contributed by atoms with E-state index in [9.17, 15) is 5.11 Å². The van der Waals surface area contributed by atoms with E-state index in [2.05, 4.69) is 5.32 Å². The molecule has 96 valence electrons. The number of piperidine rings is 1. The summed E-state index contributed by atoms with van der Waals surface area (Å²) in [6.45, 7) is 5.11. The van der Waals surface area contributed by atoms with Crippen molar-refractivity contribution in [1.29, 1.82) is 0 Å². The summed E-state index contributed by atoms with van der Waals surface area (Å²) >= 11 is 0. The molecule has 4 atom stereocenters. The highest BCUT2D eigenvalue weighted by molar-refractivity contribution is 4.79. The van der Waals surface area contributed by atoms with E-state index in [1.807, 2.05) is 0 Å². The number of ether oxygens (including phenoxy) is 2. The fourth-order valence-corrected chi connectivity index (χ4v) is 1.81. The summed E-state index contributed by atoms with van der Waals surface area (Å²) in [5.41, 5.74) is 0. The number of nitrogens with one attached hydrogen (secondary N) is 1. The maximum atomic E-state index is 9.83. The number of hydrogen-bond acceptors (Lipinski definition) is 5. The van der Waals surface area contributed by atoms with E-state index < -0.39 is 11.9 Å². The molecule has 1 saturated heterocycles. The van der Waals surface area contributed by atoms with Crippen LogP contribution in [0.5, 0.6) is 0 Å². The Morgan fingerprint density at radius 2 is 2.19 bits per heavy atom. The van der Waals surface area contributed by atoms with Crippen molar-refractivity contribution in [1.82, 2.24) is 5.32 Å². The minimum absolute atomic E-state index is 0.0162. The summed E-state index contributed by atoms with van der Waals surface area (Å²) in [5, 5.41) is 22.1. The molecule has 0 amide bonds. The van der Waals surface area contributed by atoms with Gasteiger partial charge < -0.3 is 25.0 Å². The van der Waals surface area contributed by atoms with Crippen LogP contribution < -0.4 is 5.32 Å². The van der Waals surface area contributed by atoms with Crippen LogP contribution in [0, 0.1) is 5.92 Å². The van der Waals surface area contributed by atoms with Gasteiger partial charge in [-0.25, -0.2) is 0 Å². The fraction of sp³-hybridized carbons (Fsp3) is 1.00. The number of rotatable bonds is 5. The molecule has 0 unspecified atom stereocenters. The molecule has 5 nitrogen and oxygen atoms in total. The zero-order valence-corrected chi connectivity index (χ0v) is 10.3. The van der Waals surface area contributed by atoms with Gasteiger partial charge in [0.25, 0.3) is 0 Å². The highest BCUT2D eigenvalue weighted by Gasteiger charge is 2.32. The van der Waals surface area contributed by atoms with Gasteiger partial charge in [0.2, 0.25) is 0 Å². The molecule has 0 aromatic rings. The van der Waals surface area contributed by atoms with E-state index in [0.717, 1.165) is 19.5 Å². The second kappa shape index (κ2) is 5.93. The van der Waals surface area contributed by atoms with Crippen LogP contribution >= 0.6 is 0 Å². The lowest BCUT2D eigenvalue weighted by atomic mass is 9.98. The van der Waals surface area contributed by atoms with Crippen molar-refractivity contribution < 1.29 is 19.7 Å². The molecule has 16 heavy (non-hydrogen) atoms. The zero-order chi connectivity index (χ0) is 12.2. The quantitative estimate of drug-likeness (QED) is 0.570. The number of hydrogen-bond donors (Lipinski definition) is 3. The largest absolute Gasteiger partial charge is 0.396 e. The first-order valence-corrected chi connectivity index (χ1v) is 5.74. The summed E-state index contributed by atoms with van der Waals surface area (Å²) in [7, 11) is 1.45. The van der Waals surface area contributed by atoms with Crippen LogP contribution in [0.1, 0.15) is 20.3 Å².